The Morgan fingerprint density at radius 1 is 0.875 bits per heavy atom. The highest BCUT2D eigenvalue weighted by Gasteiger charge is 2.11. The maximum atomic E-state index is 2.35. The van der Waals surface area contributed by atoms with E-state index in [1.165, 1.54) is 35.1 Å². The van der Waals surface area contributed by atoms with Crippen molar-refractivity contribution in [1.82, 2.24) is 0 Å². The summed E-state index contributed by atoms with van der Waals surface area (Å²) in [5.74, 6) is 0.609. The van der Waals surface area contributed by atoms with Crippen LogP contribution < -0.4 is 12.4 Å². The standard InChI is InChI=1S/C22H32N.ClH/c1-6-20-9-7-8-10-22(20)14-11-18(2)21-15-12-19(13-16-21)17-23(3,4)5;/h7-10,12-13,15-16,18H,6,11,14,17H2,1-5H3;1H/q+1;/p-1. The molecule has 2 rings (SSSR count). The molecule has 24 heavy (non-hydrogen) atoms. The number of hydrogen-bond acceptors (Lipinski definition) is 0. The normalized spacial score (nSPS) is 12.5. The Bertz CT molecular complexity index is 611. The zero-order valence-electron chi connectivity index (χ0n) is 15.8. The molecule has 2 heteroatoms. The molecule has 1 atom stereocenters. The van der Waals surface area contributed by atoms with E-state index in [1.807, 2.05) is 0 Å². The molecule has 2 aromatic carbocycles. The summed E-state index contributed by atoms with van der Waals surface area (Å²) < 4.78 is 0.975. The second kappa shape index (κ2) is 9.25. The highest BCUT2D eigenvalue weighted by atomic mass is 35.5. The fourth-order valence-electron chi connectivity index (χ4n) is 3.18. The van der Waals surface area contributed by atoms with Crippen molar-refractivity contribution in [2.75, 3.05) is 21.1 Å². The highest BCUT2D eigenvalue weighted by molar-refractivity contribution is 5.28. The first-order chi connectivity index (χ1) is 10.9. The van der Waals surface area contributed by atoms with Crippen LogP contribution in [0.25, 0.3) is 0 Å². The smallest absolute Gasteiger partial charge is 0.104 e. The van der Waals surface area contributed by atoms with Crippen LogP contribution in [0.1, 0.15) is 48.4 Å². The molecule has 0 radical (unpaired) electrons. The van der Waals surface area contributed by atoms with E-state index in [9.17, 15) is 0 Å². The lowest BCUT2D eigenvalue weighted by molar-refractivity contribution is -0.884. The molecule has 0 amide bonds. The second-order valence-corrected chi connectivity index (χ2v) is 7.75. The van der Waals surface area contributed by atoms with Crippen LogP contribution >= 0.6 is 0 Å². The monoisotopic (exact) mass is 345 g/mol. The molecule has 132 valence electrons. The van der Waals surface area contributed by atoms with Crippen LogP contribution in [0.4, 0.5) is 0 Å². The molecule has 0 saturated carbocycles. The average Bonchev–Trinajstić information content (AvgIpc) is 2.52. The van der Waals surface area contributed by atoms with E-state index in [-0.39, 0.29) is 12.4 Å². The molecule has 0 spiro atoms. The Morgan fingerprint density at radius 3 is 2.00 bits per heavy atom. The Balaban J connectivity index is 0.00000288. The summed E-state index contributed by atoms with van der Waals surface area (Å²) in [7, 11) is 6.71. The number of benzene rings is 2. The Labute approximate surface area is 154 Å². The zero-order valence-corrected chi connectivity index (χ0v) is 16.6. The summed E-state index contributed by atoms with van der Waals surface area (Å²) in [4.78, 5) is 0. The highest BCUT2D eigenvalue weighted by Crippen LogP contribution is 2.23. The van der Waals surface area contributed by atoms with Gasteiger partial charge in [-0.25, -0.2) is 0 Å². The van der Waals surface area contributed by atoms with Crippen molar-refractivity contribution in [1.29, 1.82) is 0 Å². The van der Waals surface area contributed by atoms with Crippen molar-refractivity contribution in [2.24, 2.45) is 0 Å². The molecule has 1 unspecified atom stereocenters. The zero-order chi connectivity index (χ0) is 16.9. The molecule has 1 nitrogen and oxygen atoms in total. The quantitative estimate of drug-likeness (QED) is 0.675. The van der Waals surface area contributed by atoms with Crippen molar-refractivity contribution >= 4 is 0 Å². The van der Waals surface area contributed by atoms with Gasteiger partial charge in [-0.05, 0) is 41.9 Å². The molecule has 0 aliphatic rings. The minimum atomic E-state index is 0. The van der Waals surface area contributed by atoms with E-state index in [1.54, 1.807) is 0 Å². The van der Waals surface area contributed by atoms with Gasteiger partial charge in [0.05, 0.1) is 21.1 Å². The predicted molar refractivity (Wildman–Crippen MR) is 101 cm³/mol. The average molecular weight is 346 g/mol. The Hall–Kier alpha value is -1.31. The van der Waals surface area contributed by atoms with Gasteiger partial charge >= 0.3 is 0 Å². The molecular weight excluding hydrogens is 314 g/mol. The first kappa shape index (κ1) is 20.7. The summed E-state index contributed by atoms with van der Waals surface area (Å²) >= 11 is 0. The first-order valence-corrected chi connectivity index (χ1v) is 8.85. The van der Waals surface area contributed by atoms with E-state index in [0.717, 1.165) is 17.4 Å². The van der Waals surface area contributed by atoms with E-state index >= 15 is 0 Å². The van der Waals surface area contributed by atoms with Crippen LogP contribution in [0.2, 0.25) is 0 Å². The van der Waals surface area contributed by atoms with Crippen molar-refractivity contribution in [3.05, 3.63) is 70.8 Å². The SMILES string of the molecule is CCc1ccccc1CCC(C)c1ccc(C[N+](C)(C)C)cc1.[Cl-]. The molecule has 0 aromatic heterocycles. The van der Waals surface area contributed by atoms with Gasteiger partial charge in [-0.1, -0.05) is 62.4 Å². The lowest BCUT2D eigenvalue weighted by Gasteiger charge is -2.24. The van der Waals surface area contributed by atoms with Gasteiger partial charge in [0, 0.05) is 5.56 Å². The third-order valence-electron chi connectivity index (χ3n) is 4.55. The molecule has 0 fully saturated rings. The number of nitrogens with zero attached hydrogens (tertiary/aromatic N) is 1. The summed E-state index contributed by atoms with van der Waals surface area (Å²) in [6.45, 7) is 5.68. The van der Waals surface area contributed by atoms with Gasteiger partial charge in [-0.3, -0.25) is 0 Å². The Morgan fingerprint density at radius 2 is 1.46 bits per heavy atom. The van der Waals surface area contributed by atoms with Crippen LogP contribution in [-0.2, 0) is 19.4 Å². The van der Waals surface area contributed by atoms with Crippen molar-refractivity contribution in [3.63, 3.8) is 0 Å². The lowest BCUT2D eigenvalue weighted by atomic mass is 9.91. The van der Waals surface area contributed by atoms with Crippen LogP contribution in [0.15, 0.2) is 48.5 Å². The maximum absolute atomic E-state index is 2.35. The van der Waals surface area contributed by atoms with E-state index < -0.39 is 0 Å². The van der Waals surface area contributed by atoms with E-state index in [2.05, 4.69) is 83.5 Å². The van der Waals surface area contributed by atoms with Gasteiger partial charge in [0.15, 0.2) is 0 Å². The third-order valence-corrected chi connectivity index (χ3v) is 4.55. The number of halogens is 1. The summed E-state index contributed by atoms with van der Waals surface area (Å²) in [6, 6.07) is 18.1. The van der Waals surface area contributed by atoms with Gasteiger partial charge in [-0.2, -0.15) is 0 Å². The minimum Gasteiger partial charge on any atom is -1.00 e. The van der Waals surface area contributed by atoms with E-state index in [0.29, 0.717) is 5.92 Å². The van der Waals surface area contributed by atoms with Crippen LogP contribution in [-0.4, -0.2) is 25.6 Å². The van der Waals surface area contributed by atoms with Crippen molar-refractivity contribution in [3.8, 4) is 0 Å². The number of quaternary nitrogens is 1. The maximum Gasteiger partial charge on any atom is 0.104 e. The van der Waals surface area contributed by atoms with Crippen molar-refractivity contribution < 1.29 is 16.9 Å². The molecule has 0 heterocycles. The summed E-state index contributed by atoms with van der Waals surface area (Å²) in [5, 5.41) is 0. The number of hydrogen-bond donors (Lipinski definition) is 0. The van der Waals surface area contributed by atoms with Gasteiger partial charge in [-0.15, -0.1) is 0 Å². The molecule has 0 aliphatic carbocycles. The van der Waals surface area contributed by atoms with Crippen LogP contribution in [0.3, 0.4) is 0 Å². The first-order valence-electron chi connectivity index (χ1n) is 8.85. The second-order valence-electron chi connectivity index (χ2n) is 7.75. The summed E-state index contributed by atoms with van der Waals surface area (Å²) in [6.07, 6.45) is 3.52. The van der Waals surface area contributed by atoms with Gasteiger partial charge in [0.2, 0.25) is 0 Å². The van der Waals surface area contributed by atoms with Gasteiger partial charge < -0.3 is 16.9 Å². The fraction of sp³-hybridized carbons (Fsp3) is 0.455. The summed E-state index contributed by atoms with van der Waals surface area (Å²) in [5.41, 5.74) is 5.90. The third kappa shape index (κ3) is 6.30. The molecule has 0 aliphatic heterocycles. The molecule has 2 aromatic rings. The van der Waals surface area contributed by atoms with Gasteiger partial charge in [0.25, 0.3) is 0 Å². The van der Waals surface area contributed by atoms with Gasteiger partial charge in [0.1, 0.15) is 6.54 Å². The molecule has 0 saturated heterocycles. The van der Waals surface area contributed by atoms with Crippen LogP contribution in [0.5, 0.6) is 0 Å². The number of rotatable bonds is 7. The molecule has 0 bridgehead atoms. The number of aryl methyl sites for hydroxylation is 2. The largest absolute Gasteiger partial charge is 1.00 e. The van der Waals surface area contributed by atoms with Crippen molar-refractivity contribution in [2.45, 2.75) is 45.6 Å². The topological polar surface area (TPSA) is 0 Å². The van der Waals surface area contributed by atoms with E-state index in [4.69, 9.17) is 0 Å². The fourth-order valence-corrected chi connectivity index (χ4v) is 3.18. The van der Waals surface area contributed by atoms with Crippen LogP contribution in [0, 0.1) is 0 Å². The Kier molecular flexibility index (Phi) is 7.99. The predicted octanol–water partition coefficient (Wildman–Crippen LogP) is 2.20. The lowest BCUT2D eigenvalue weighted by Crippen LogP contribution is -3.00. The molecular formula is C22H32ClN. The molecule has 0 N–H and O–H groups in total. The minimum absolute atomic E-state index is 0.